The number of thiocarbonyl (C=S) groups is 1. The summed E-state index contributed by atoms with van der Waals surface area (Å²) in [5, 5.41) is 18.9. The Morgan fingerprint density at radius 3 is 2.60 bits per heavy atom. The smallest absolute Gasteiger partial charge is 0.270 e. The summed E-state index contributed by atoms with van der Waals surface area (Å²) in [5.41, 5.74) is 2.51. The SMILES string of the molecule is O=C(NC(=S)Nc1ccc2oc(-c3cccc4c(Cl)cccc34)nc2c1)c1cccc([N+](=O)[O-])c1. The average Bonchev–Trinajstić information content (AvgIpc) is 3.27. The summed E-state index contributed by atoms with van der Waals surface area (Å²) in [6.07, 6.45) is 0. The second-order valence-corrected chi connectivity index (χ2v) is 8.37. The van der Waals surface area contributed by atoms with E-state index in [1.807, 2.05) is 36.4 Å². The second kappa shape index (κ2) is 9.13. The average molecular weight is 503 g/mol. The number of non-ortho nitro benzene ring substituents is 1. The van der Waals surface area contributed by atoms with Crippen LogP contribution in [0.4, 0.5) is 11.4 Å². The lowest BCUT2D eigenvalue weighted by Crippen LogP contribution is -2.34. The van der Waals surface area contributed by atoms with Crippen molar-refractivity contribution in [1.82, 2.24) is 10.3 Å². The molecular weight excluding hydrogens is 488 g/mol. The number of oxazole rings is 1. The quantitative estimate of drug-likeness (QED) is 0.168. The summed E-state index contributed by atoms with van der Waals surface area (Å²) >= 11 is 11.6. The lowest BCUT2D eigenvalue weighted by atomic mass is 10.0. The predicted molar refractivity (Wildman–Crippen MR) is 139 cm³/mol. The van der Waals surface area contributed by atoms with Crippen LogP contribution in [0.5, 0.6) is 0 Å². The zero-order chi connectivity index (χ0) is 24.5. The lowest BCUT2D eigenvalue weighted by molar-refractivity contribution is -0.384. The number of benzene rings is 4. The number of nitrogens with one attached hydrogen (secondary N) is 2. The van der Waals surface area contributed by atoms with E-state index in [0.717, 1.165) is 16.3 Å². The molecule has 10 heteroatoms. The molecule has 4 aromatic carbocycles. The summed E-state index contributed by atoms with van der Waals surface area (Å²) in [7, 11) is 0. The summed E-state index contributed by atoms with van der Waals surface area (Å²) in [6, 6.07) is 22.0. The number of nitrogens with zero attached hydrogens (tertiary/aromatic N) is 2. The van der Waals surface area contributed by atoms with Gasteiger partial charge in [-0.1, -0.05) is 41.9 Å². The van der Waals surface area contributed by atoms with Gasteiger partial charge in [0.15, 0.2) is 10.7 Å². The Morgan fingerprint density at radius 2 is 1.77 bits per heavy atom. The molecular formula is C25H15ClN4O4S. The molecule has 0 aliphatic carbocycles. The number of nitro benzene ring substituents is 1. The summed E-state index contributed by atoms with van der Waals surface area (Å²) in [6.45, 7) is 0. The Balaban J connectivity index is 1.36. The van der Waals surface area contributed by atoms with E-state index in [1.54, 1.807) is 18.2 Å². The molecule has 0 aliphatic rings. The van der Waals surface area contributed by atoms with Crippen LogP contribution >= 0.6 is 23.8 Å². The summed E-state index contributed by atoms with van der Waals surface area (Å²) in [5.74, 6) is -0.114. The van der Waals surface area contributed by atoms with Crippen molar-refractivity contribution < 1.29 is 14.1 Å². The molecule has 0 saturated carbocycles. The molecule has 0 bridgehead atoms. The highest BCUT2D eigenvalue weighted by Crippen LogP contribution is 2.34. The Kier molecular flexibility index (Phi) is 5.86. The maximum atomic E-state index is 12.4. The van der Waals surface area contributed by atoms with Gasteiger partial charge >= 0.3 is 0 Å². The molecule has 1 heterocycles. The van der Waals surface area contributed by atoms with Gasteiger partial charge in [-0.25, -0.2) is 4.98 Å². The molecule has 35 heavy (non-hydrogen) atoms. The standard InChI is InChI=1S/C25H15ClN4O4S/c26-20-9-3-6-17-18(20)7-2-8-19(17)24-28-21-13-15(10-11-22(21)34-24)27-25(35)29-23(31)14-4-1-5-16(12-14)30(32)33/h1-13H,(H2,27,29,31,35). The van der Waals surface area contributed by atoms with Crippen molar-refractivity contribution in [3.63, 3.8) is 0 Å². The van der Waals surface area contributed by atoms with Crippen LogP contribution in [-0.2, 0) is 0 Å². The van der Waals surface area contributed by atoms with Gasteiger partial charge in [-0.3, -0.25) is 20.2 Å². The Labute approximate surface area is 208 Å². The van der Waals surface area contributed by atoms with Crippen molar-refractivity contribution in [2.75, 3.05) is 5.32 Å². The third kappa shape index (κ3) is 4.54. The molecule has 0 fully saturated rings. The molecule has 5 aromatic rings. The van der Waals surface area contributed by atoms with E-state index in [4.69, 9.17) is 28.2 Å². The molecule has 0 aliphatic heterocycles. The van der Waals surface area contributed by atoms with Crippen LogP contribution in [-0.4, -0.2) is 20.9 Å². The van der Waals surface area contributed by atoms with Crippen LogP contribution in [0.3, 0.4) is 0 Å². The van der Waals surface area contributed by atoms with E-state index in [1.165, 1.54) is 24.3 Å². The summed E-state index contributed by atoms with van der Waals surface area (Å²) in [4.78, 5) is 27.4. The van der Waals surface area contributed by atoms with Crippen molar-refractivity contribution in [1.29, 1.82) is 0 Å². The van der Waals surface area contributed by atoms with Gasteiger partial charge in [0.05, 0.1) is 4.92 Å². The normalized spacial score (nSPS) is 10.9. The molecule has 1 amide bonds. The van der Waals surface area contributed by atoms with E-state index < -0.39 is 10.8 Å². The number of amides is 1. The Hall–Kier alpha value is -4.34. The van der Waals surface area contributed by atoms with Gasteiger partial charge in [0.25, 0.3) is 11.6 Å². The number of nitro groups is 1. The highest BCUT2D eigenvalue weighted by Gasteiger charge is 2.15. The highest BCUT2D eigenvalue weighted by molar-refractivity contribution is 7.80. The molecule has 8 nitrogen and oxygen atoms in total. The number of carbonyl (C=O) groups is 1. The topological polar surface area (TPSA) is 110 Å². The number of rotatable bonds is 4. The molecule has 0 atom stereocenters. The van der Waals surface area contributed by atoms with Crippen molar-refractivity contribution in [2.24, 2.45) is 0 Å². The van der Waals surface area contributed by atoms with Gasteiger partial charge in [-0.05, 0) is 54.0 Å². The predicted octanol–water partition coefficient (Wildman–Crippen LogP) is 6.34. The van der Waals surface area contributed by atoms with Crippen LogP contribution < -0.4 is 10.6 Å². The fourth-order valence-electron chi connectivity index (χ4n) is 3.68. The van der Waals surface area contributed by atoms with Gasteiger partial charge in [0, 0.05) is 39.4 Å². The molecule has 5 rings (SSSR count). The fraction of sp³-hybridized carbons (Fsp3) is 0. The third-order valence-electron chi connectivity index (χ3n) is 5.29. The van der Waals surface area contributed by atoms with Gasteiger partial charge in [0.1, 0.15) is 5.52 Å². The number of carbonyl (C=O) groups excluding carboxylic acids is 1. The maximum Gasteiger partial charge on any atom is 0.270 e. The van der Waals surface area contributed by atoms with Crippen molar-refractivity contribution in [3.05, 3.63) is 99.6 Å². The summed E-state index contributed by atoms with van der Waals surface area (Å²) < 4.78 is 5.98. The van der Waals surface area contributed by atoms with Crippen LogP contribution in [0.2, 0.25) is 5.02 Å². The number of hydrogen-bond donors (Lipinski definition) is 2. The Morgan fingerprint density at radius 1 is 1.00 bits per heavy atom. The lowest BCUT2D eigenvalue weighted by Gasteiger charge is -2.09. The van der Waals surface area contributed by atoms with Gasteiger partial charge in [-0.15, -0.1) is 0 Å². The number of hydrogen-bond acceptors (Lipinski definition) is 6. The first-order valence-electron chi connectivity index (χ1n) is 10.3. The van der Waals surface area contributed by atoms with E-state index in [0.29, 0.717) is 27.7 Å². The molecule has 0 saturated heterocycles. The van der Waals surface area contributed by atoms with E-state index in [2.05, 4.69) is 15.6 Å². The second-order valence-electron chi connectivity index (χ2n) is 7.56. The first kappa shape index (κ1) is 22.5. The minimum atomic E-state index is -0.568. The minimum Gasteiger partial charge on any atom is -0.436 e. The molecule has 0 radical (unpaired) electrons. The van der Waals surface area contributed by atoms with Crippen LogP contribution in [0.25, 0.3) is 33.3 Å². The Bertz CT molecular complexity index is 1650. The van der Waals surface area contributed by atoms with Crippen molar-refractivity contribution in [3.8, 4) is 11.5 Å². The van der Waals surface area contributed by atoms with E-state index >= 15 is 0 Å². The zero-order valence-electron chi connectivity index (χ0n) is 17.8. The molecule has 2 N–H and O–H groups in total. The van der Waals surface area contributed by atoms with Crippen LogP contribution in [0.15, 0.2) is 83.3 Å². The van der Waals surface area contributed by atoms with Gasteiger partial charge in [-0.2, -0.15) is 0 Å². The number of fused-ring (bicyclic) bond motifs is 2. The first-order chi connectivity index (χ1) is 16.9. The van der Waals surface area contributed by atoms with E-state index in [9.17, 15) is 14.9 Å². The maximum absolute atomic E-state index is 12.4. The zero-order valence-corrected chi connectivity index (χ0v) is 19.4. The molecule has 1 aromatic heterocycles. The van der Waals surface area contributed by atoms with Gasteiger partial charge in [0.2, 0.25) is 5.89 Å². The van der Waals surface area contributed by atoms with Crippen LogP contribution in [0, 0.1) is 10.1 Å². The highest BCUT2D eigenvalue weighted by atomic mass is 35.5. The number of aromatic nitrogens is 1. The third-order valence-corrected chi connectivity index (χ3v) is 5.82. The molecule has 0 unspecified atom stereocenters. The van der Waals surface area contributed by atoms with E-state index in [-0.39, 0.29) is 16.4 Å². The minimum absolute atomic E-state index is 0.0354. The monoisotopic (exact) mass is 502 g/mol. The van der Waals surface area contributed by atoms with Crippen molar-refractivity contribution >= 4 is 68.1 Å². The van der Waals surface area contributed by atoms with Crippen LogP contribution in [0.1, 0.15) is 10.4 Å². The number of halogens is 1. The molecule has 172 valence electrons. The fourth-order valence-corrected chi connectivity index (χ4v) is 4.12. The van der Waals surface area contributed by atoms with Crippen molar-refractivity contribution in [2.45, 2.75) is 0 Å². The molecule has 0 spiro atoms. The largest absolute Gasteiger partial charge is 0.436 e. The van der Waals surface area contributed by atoms with Gasteiger partial charge < -0.3 is 9.73 Å². The number of anilines is 1. The first-order valence-corrected chi connectivity index (χ1v) is 11.1.